The van der Waals surface area contributed by atoms with E-state index in [1.54, 1.807) is 0 Å². The van der Waals surface area contributed by atoms with Crippen LogP contribution in [0.2, 0.25) is 0 Å². The molecule has 0 heterocycles. The summed E-state index contributed by atoms with van der Waals surface area (Å²) >= 11 is 0. The van der Waals surface area contributed by atoms with Crippen molar-refractivity contribution in [2.75, 3.05) is 72.3 Å². The number of nitrogens with two attached hydrogens (primary N) is 6. The Bertz CT molecular complexity index is 231. The zero-order valence-corrected chi connectivity index (χ0v) is 18.6. The van der Waals surface area contributed by atoms with Crippen LogP contribution in [0.1, 0.15) is 6.92 Å². The number of aliphatic hydroxyl groups is 5. The van der Waals surface area contributed by atoms with Crippen LogP contribution in [-0.2, 0) is 26.9 Å². The second-order valence-corrected chi connectivity index (χ2v) is 4.19. The summed E-state index contributed by atoms with van der Waals surface area (Å²) in [5, 5.41) is 38.8. The van der Waals surface area contributed by atoms with Gasteiger partial charge in [-0.05, 0) is 6.54 Å². The van der Waals surface area contributed by atoms with E-state index < -0.39 is 10.4 Å². The molecule has 0 spiro atoms. The van der Waals surface area contributed by atoms with Crippen LogP contribution in [0.3, 0.4) is 0 Å². The van der Waals surface area contributed by atoms with Crippen LogP contribution >= 0.6 is 0 Å². The van der Waals surface area contributed by atoms with Gasteiger partial charge in [-0.2, -0.15) is 0 Å². The van der Waals surface area contributed by atoms with E-state index in [1.807, 2.05) is 6.92 Å². The molecule has 190 valence electrons. The van der Waals surface area contributed by atoms with Crippen molar-refractivity contribution in [2.45, 2.75) is 6.92 Å². The second-order valence-electron chi connectivity index (χ2n) is 3.38. The summed E-state index contributed by atoms with van der Waals surface area (Å²) in [6.07, 6.45) is 0. The zero-order chi connectivity index (χ0) is 24.3. The van der Waals surface area contributed by atoms with Crippen LogP contribution in [0.15, 0.2) is 0 Å². The topological polar surface area (TPSA) is 338 Å². The fourth-order valence-corrected chi connectivity index (χ4v) is 0. The summed E-state index contributed by atoms with van der Waals surface area (Å²) in [6.45, 7) is 5.01. The molecule has 17 N–H and O–H groups in total. The first kappa shape index (κ1) is 51.5. The minimum absolute atomic E-state index is 0. The average Bonchev–Trinajstić information content (AvgIpc) is 2.67. The number of aliphatic hydroxyl groups excluding tert-OH is 5. The molecule has 0 rings (SSSR count). The van der Waals surface area contributed by atoms with Crippen LogP contribution in [0.25, 0.3) is 0 Å². The summed E-state index contributed by atoms with van der Waals surface area (Å²) in [6, 6.07) is 0. The van der Waals surface area contributed by atoms with E-state index in [1.165, 1.54) is 0 Å². The van der Waals surface area contributed by atoms with Gasteiger partial charge in [0.2, 0.25) is 0 Å². The fraction of sp³-hybridized carbons (Fsp3) is 1.00. The van der Waals surface area contributed by atoms with Gasteiger partial charge in [-0.1, -0.05) is 6.92 Å². The van der Waals surface area contributed by atoms with Crippen molar-refractivity contribution in [1.29, 1.82) is 0 Å². The molecule has 0 aliphatic heterocycles. The molecule has 0 aromatic rings. The smallest absolute Gasteiger partial charge is 0.759 e. The van der Waals surface area contributed by atoms with Crippen LogP contribution in [-0.4, -0.2) is 115 Å². The van der Waals surface area contributed by atoms with Crippen molar-refractivity contribution in [3.05, 3.63) is 0 Å². The molecule has 0 saturated heterocycles. The van der Waals surface area contributed by atoms with E-state index in [-0.39, 0.29) is 49.5 Å². The van der Waals surface area contributed by atoms with E-state index in [4.69, 9.17) is 77.5 Å². The van der Waals surface area contributed by atoms with Crippen LogP contribution in [0, 0.1) is 0 Å². The molecule has 17 heteroatoms. The maximum Gasteiger partial charge on any atom is 2.00 e. The van der Waals surface area contributed by atoms with Crippen molar-refractivity contribution in [2.24, 2.45) is 34.4 Å². The molecule has 0 radical (unpaired) electrons. The number of hydrogen-bond acceptors (Lipinski definition) is 15. The molecule has 0 fully saturated rings. The van der Waals surface area contributed by atoms with E-state index >= 15 is 0 Å². The van der Waals surface area contributed by atoms with Gasteiger partial charge in [0.25, 0.3) is 0 Å². The quantitative estimate of drug-likeness (QED) is 0.0939. The summed E-state index contributed by atoms with van der Waals surface area (Å²) in [7, 11) is -5.17. The van der Waals surface area contributed by atoms with Gasteiger partial charge in [-0.3, -0.25) is 8.42 Å². The van der Waals surface area contributed by atoms with Gasteiger partial charge in [0, 0.05) is 43.1 Å². The summed E-state index contributed by atoms with van der Waals surface area (Å²) in [4.78, 5) is 0. The normalized spacial score (nSPS) is 7.79. The van der Waals surface area contributed by atoms with E-state index in [9.17, 15) is 0 Å². The van der Waals surface area contributed by atoms with Gasteiger partial charge in [0.15, 0.2) is 0 Å². The molecule has 0 aromatic heterocycles. The Hall–Kier alpha value is -0.0765. The molecule has 15 nitrogen and oxygen atoms in total. The Morgan fingerprint density at radius 1 is 0.586 bits per heavy atom. The van der Waals surface area contributed by atoms with Crippen molar-refractivity contribution in [1.82, 2.24) is 0 Å². The first-order chi connectivity index (χ1) is 13.0. The molecular weight excluding hydrogens is 463 g/mol. The fourth-order valence-electron chi connectivity index (χ4n) is 0. The minimum Gasteiger partial charge on any atom is -0.759 e. The molecule has 0 atom stereocenters. The van der Waals surface area contributed by atoms with Crippen molar-refractivity contribution >= 4 is 10.4 Å². The maximum atomic E-state index is 8.52. The third-order valence-electron chi connectivity index (χ3n) is 0.645. The SMILES string of the molecule is CCN.NCCO.NCCO.NCCO.NCCO.NCCO.O=S(=O)([O-])[O-].[Ni+2]. The Morgan fingerprint density at radius 2 is 0.621 bits per heavy atom. The van der Waals surface area contributed by atoms with Gasteiger partial charge in [0.05, 0.1) is 33.0 Å². The van der Waals surface area contributed by atoms with Gasteiger partial charge >= 0.3 is 16.5 Å². The molecule has 0 aromatic carbocycles. The summed E-state index contributed by atoms with van der Waals surface area (Å²) in [5.41, 5.74) is 28.7. The Labute approximate surface area is 183 Å². The molecule has 0 amide bonds. The molecule has 0 unspecified atom stereocenters. The third kappa shape index (κ3) is 774. The predicted molar refractivity (Wildman–Crippen MR) is 106 cm³/mol. The third-order valence-corrected chi connectivity index (χ3v) is 0.645. The van der Waals surface area contributed by atoms with E-state index in [0.717, 1.165) is 6.54 Å². The van der Waals surface area contributed by atoms with Crippen LogP contribution < -0.4 is 34.4 Å². The maximum absolute atomic E-state index is 8.52. The van der Waals surface area contributed by atoms with Gasteiger partial charge in [-0.25, -0.2) is 0 Å². The standard InChI is InChI=1S/5C2H7NO.C2H7N.Ni.H2O4S/c5*3-1-2-4;1-2-3;;1-5(2,3)4/h5*4H,1-3H2;2-3H2,1H3;;(H2,1,2,3,4)/q;;;;;;+2;/p-2. The zero-order valence-electron chi connectivity index (χ0n) is 16.8. The largest absolute Gasteiger partial charge is 2.00 e. The second kappa shape index (κ2) is 70.7. The Balaban J connectivity index is -0.0000000295. The average molecular weight is 505 g/mol. The first-order valence-electron chi connectivity index (χ1n) is 7.90. The molecule has 0 saturated carbocycles. The van der Waals surface area contributed by atoms with Crippen LogP contribution in [0.4, 0.5) is 0 Å². The van der Waals surface area contributed by atoms with Crippen molar-refractivity contribution in [3.63, 3.8) is 0 Å². The number of rotatable bonds is 5. The van der Waals surface area contributed by atoms with Gasteiger partial charge in [0.1, 0.15) is 0 Å². The van der Waals surface area contributed by atoms with Crippen molar-refractivity contribution in [3.8, 4) is 0 Å². The van der Waals surface area contributed by atoms with Crippen LogP contribution in [0.5, 0.6) is 0 Å². The Kier molecular flexibility index (Phi) is 126. The molecule has 0 aliphatic carbocycles. The molecule has 0 bridgehead atoms. The molecule has 29 heavy (non-hydrogen) atoms. The molecule has 0 aliphatic rings. The minimum atomic E-state index is -5.17. The number of hydrogen-bond donors (Lipinski definition) is 11. The van der Waals surface area contributed by atoms with E-state index in [2.05, 4.69) is 0 Å². The first-order valence-corrected chi connectivity index (χ1v) is 9.24. The Morgan fingerprint density at radius 3 is 0.621 bits per heavy atom. The van der Waals surface area contributed by atoms with Gasteiger partial charge < -0.3 is 69.0 Å². The summed E-state index contributed by atoms with van der Waals surface area (Å²) < 4.78 is 34.1. The van der Waals surface area contributed by atoms with Gasteiger partial charge in [-0.15, -0.1) is 0 Å². The summed E-state index contributed by atoms with van der Waals surface area (Å²) in [5.74, 6) is 0. The van der Waals surface area contributed by atoms with E-state index in [0.29, 0.717) is 32.7 Å². The monoisotopic (exact) mass is 504 g/mol. The predicted octanol–water partition coefficient (Wildman–Crippen LogP) is -6.69. The van der Waals surface area contributed by atoms with Crippen molar-refractivity contribution < 1.29 is 59.5 Å². The molecular formula is C12H42N6NiO9S.